The zero-order valence-corrected chi connectivity index (χ0v) is 9.87. The fourth-order valence-electron chi connectivity index (χ4n) is 1.72. The second-order valence-electron chi connectivity index (χ2n) is 3.82. The molecule has 3 N–H and O–H groups in total. The molecule has 6 heteroatoms. The summed E-state index contributed by atoms with van der Waals surface area (Å²) in [6.07, 6.45) is 0. The van der Waals surface area contributed by atoms with E-state index in [0.29, 0.717) is 27.9 Å². The van der Waals surface area contributed by atoms with Gasteiger partial charge in [-0.3, -0.25) is 0 Å². The monoisotopic (exact) mass is 262 g/mol. The van der Waals surface area contributed by atoms with Crippen LogP contribution in [0.15, 0.2) is 30.3 Å². The van der Waals surface area contributed by atoms with E-state index in [-0.39, 0.29) is 5.82 Å². The van der Waals surface area contributed by atoms with Crippen molar-refractivity contribution in [2.75, 3.05) is 5.73 Å². The van der Waals surface area contributed by atoms with Crippen molar-refractivity contribution < 1.29 is 4.39 Å². The van der Waals surface area contributed by atoms with E-state index in [2.05, 4.69) is 15.0 Å². The zero-order chi connectivity index (χ0) is 12.7. The maximum atomic E-state index is 13.0. The number of nitrogens with zero attached hydrogens (tertiary/aromatic N) is 2. The number of benzene rings is 1. The summed E-state index contributed by atoms with van der Waals surface area (Å²) >= 11 is 5.98. The van der Waals surface area contributed by atoms with Gasteiger partial charge in [0.2, 0.25) is 0 Å². The molecular formula is C12H8ClFN4. The van der Waals surface area contributed by atoms with Crippen LogP contribution in [0.1, 0.15) is 0 Å². The highest BCUT2D eigenvalue weighted by atomic mass is 35.5. The molecule has 0 saturated carbocycles. The first-order valence-electron chi connectivity index (χ1n) is 5.21. The summed E-state index contributed by atoms with van der Waals surface area (Å²) in [6, 6.07) is 7.60. The minimum Gasteiger partial charge on any atom is -0.384 e. The third kappa shape index (κ3) is 1.78. The number of rotatable bonds is 1. The van der Waals surface area contributed by atoms with E-state index < -0.39 is 0 Å². The topological polar surface area (TPSA) is 67.6 Å². The van der Waals surface area contributed by atoms with Crippen molar-refractivity contribution in [3.8, 4) is 11.4 Å². The lowest BCUT2D eigenvalue weighted by molar-refractivity contribution is 0.628. The van der Waals surface area contributed by atoms with E-state index in [4.69, 9.17) is 17.3 Å². The Bertz CT molecular complexity index is 738. The van der Waals surface area contributed by atoms with Crippen LogP contribution in [0.4, 0.5) is 10.2 Å². The number of fused-ring (bicyclic) bond motifs is 1. The van der Waals surface area contributed by atoms with Crippen LogP contribution in [0.3, 0.4) is 0 Å². The van der Waals surface area contributed by atoms with Gasteiger partial charge in [-0.05, 0) is 30.3 Å². The van der Waals surface area contributed by atoms with Gasteiger partial charge in [0, 0.05) is 5.56 Å². The molecule has 4 nitrogen and oxygen atoms in total. The highest BCUT2D eigenvalue weighted by Gasteiger charge is 2.10. The normalized spacial score (nSPS) is 11.0. The van der Waals surface area contributed by atoms with Crippen LogP contribution in [0.2, 0.25) is 5.02 Å². The molecule has 0 saturated heterocycles. The minimum absolute atomic E-state index is 0.294. The molecule has 0 atom stereocenters. The van der Waals surface area contributed by atoms with Crippen LogP contribution in [-0.2, 0) is 0 Å². The number of aromatic amines is 1. The van der Waals surface area contributed by atoms with Crippen molar-refractivity contribution in [3.63, 3.8) is 0 Å². The molecule has 2 aromatic heterocycles. The highest BCUT2D eigenvalue weighted by Crippen LogP contribution is 2.27. The van der Waals surface area contributed by atoms with E-state index in [1.54, 1.807) is 18.2 Å². The molecule has 0 aliphatic rings. The molecule has 90 valence electrons. The van der Waals surface area contributed by atoms with Crippen LogP contribution >= 0.6 is 11.6 Å². The first-order chi connectivity index (χ1) is 8.63. The van der Waals surface area contributed by atoms with Gasteiger partial charge in [0.05, 0.1) is 10.5 Å². The zero-order valence-electron chi connectivity index (χ0n) is 9.11. The molecule has 3 aromatic rings. The lowest BCUT2D eigenvalue weighted by atomic mass is 10.2. The summed E-state index contributed by atoms with van der Waals surface area (Å²) in [5, 5.41) is 0.294. The van der Waals surface area contributed by atoms with Gasteiger partial charge in [-0.1, -0.05) is 11.6 Å². The molecule has 0 unspecified atom stereocenters. The molecule has 0 fully saturated rings. The predicted molar refractivity (Wildman–Crippen MR) is 68.7 cm³/mol. The highest BCUT2D eigenvalue weighted by molar-refractivity contribution is 6.33. The SMILES string of the molecule is Nc1ccc2[nH]c(-c3ccc(F)cc3Cl)nc2n1. The lowest BCUT2D eigenvalue weighted by Gasteiger charge is -1.99. The number of imidazole rings is 1. The number of halogens is 2. The summed E-state index contributed by atoms with van der Waals surface area (Å²) < 4.78 is 13.0. The maximum Gasteiger partial charge on any atom is 0.180 e. The van der Waals surface area contributed by atoms with Crippen molar-refractivity contribution >= 4 is 28.6 Å². The van der Waals surface area contributed by atoms with Crippen LogP contribution in [0, 0.1) is 5.82 Å². The molecule has 0 spiro atoms. The summed E-state index contributed by atoms with van der Waals surface area (Å²) in [4.78, 5) is 11.4. The lowest BCUT2D eigenvalue weighted by Crippen LogP contribution is -1.88. The quantitative estimate of drug-likeness (QED) is 0.708. The van der Waals surface area contributed by atoms with Crippen molar-refractivity contribution in [2.45, 2.75) is 0 Å². The predicted octanol–water partition coefficient (Wildman–Crippen LogP) is 3.00. The summed E-state index contributed by atoms with van der Waals surface area (Å²) in [6.45, 7) is 0. The van der Waals surface area contributed by atoms with E-state index in [1.165, 1.54) is 12.1 Å². The number of nitrogens with one attached hydrogen (secondary N) is 1. The van der Waals surface area contributed by atoms with E-state index in [0.717, 1.165) is 5.52 Å². The maximum absolute atomic E-state index is 13.0. The number of H-pyrrole nitrogens is 1. The fraction of sp³-hybridized carbons (Fsp3) is 0. The smallest absolute Gasteiger partial charge is 0.180 e. The van der Waals surface area contributed by atoms with E-state index >= 15 is 0 Å². The molecular weight excluding hydrogens is 255 g/mol. The summed E-state index contributed by atoms with van der Waals surface area (Å²) in [7, 11) is 0. The summed E-state index contributed by atoms with van der Waals surface area (Å²) in [5.74, 6) is 0.543. The van der Waals surface area contributed by atoms with Crippen molar-refractivity contribution in [2.24, 2.45) is 0 Å². The van der Waals surface area contributed by atoms with Crippen molar-refractivity contribution in [3.05, 3.63) is 41.2 Å². The number of aromatic nitrogens is 3. The molecule has 0 aliphatic heterocycles. The van der Waals surface area contributed by atoms with Gasteiger partial charge in [-0.15, -0.1) is 0 Å². The number of nitrogens with two attached hydrogens (primary N) is 1. The van der Waals surface area contributed by atoms with Crippen LogP contribution in [-0.4, -0.2) is 15.0 Å². The summed E-state index contributed by atoms with van der Waals surface area (Å²) in [5.41, 5.74) is 7.46. The second-order valence-corrected chi connectivity index (χ2v) is 4.22. The number of nitrogen functional groups attached to an aromatic ring is 1. The van der Waals surface area contributed by atoms with Crippen LogP contribution in [0.25, 0.3) is 22.6 Å². The molecule has 3 rings (SSSR count). The van der Waals surface area contributed by atoms with Crippen LogP contribution < -0.4 is 5.73 Å². The van der Waals surface area contributed by atoms with Gasteiger partial charge in [0.15, 0.2) is 5.65 Å². The Labute approximate surface area is 107 Å². The van der Waals surface area contributed by atoms with Gasteiger partial charge in [0.25, 0.3) is 0 Å². The first-order valence-corrected chi connectivity index (χ1v) is 5.59. The molecule has 0 amide bonds. The Kier molecular flexibility index (Phi) is 2.41. The second kappa shape index (κ2) is 3.96. The van der Waals surface area contributed by atoms with E-state index in [1.807, 2.05) is 0 Å². The van der Waals surface area contributed by atoms with Crippen molar-refractivity contribution in [1.29, 1.82) is 0 Å². The Morgan fingerprint density at radius 1 is 1.17 bits per heavy atom. The van der Waals surface area contributed by atoms with Crippen molar-refractivity contribution in [1.82, 2.24) is 15.0 Å². The Hall–Kier alpha value is -2.14. The molecule has 18 heavy (non-hydrogen) atoms. The van der Waals surface area contributed by atoms with Gasteiger partial charge in [-0.25, -0.2) is 14.4 Å². The number of anilines is 1. The molecule has 0 radical (unpaired) electrons. The third-order valence-corrected chi connectivity index (χ3v) is 2.87. The molecule has 2 heterocycles. The Balaban J connectivity index is 2.19. The Morgan fingerprint density at radius 2 is 2.00 bits per heavy atom. The standard InChI is InChI=1S/C12H8ClFN4/c13-8-5-6(14)1-2-7(8)11-16-9-3-4-10(15)17-12(9)18-11/h1-5H,(H3,15,16,17,18). The van der Waals surface area contributed by atoms with E-state index in [9.17, 15) is 4.39 Å². The van der Waals surface area contributed by atoms with Gasteiger partial charge in [0.1, 0.15) is 17.5 Å². The number of pyridine rings is 1. The third-order valence-electron chi connectivity index (χ3n) is 2.55. The first kappa shape index (κ1) is 11.0. The fourth-order valence-corrected chi connectivity index (χ4v) is 1.97. The molecule has 0 aliphatic carbocycles. The van der Waals surface area contributed by atoms with Gasteiger partial charge < -0.3 is 10.7 Å². The average molecular weight is 263 g/mol. The molecule has 0 bridgehead atoms. The van der Waals surface area contributed by atoms with Gasteiger partial charge in [-0.2, -0.15) is 0 Å². The number of hydrogen-bond donors (Lipinski definition) is 2. The average Bonchev–Trinajstić information content (AvgIpc) is 2.71. The molecule has 1 aromatic carbocycles. The van der Waals surface area contributed by atoms with Crippen LogP contribution in [0.5, 0.6) is 0 Å². The number of hydrogen-bond acceptors (Lipinski definition) is 3. The van der Waals surface area contributed by atoms with Gasteiger partial charge >= 0.3 is 0 Å². The minimum atomic E-state index is -0.387. The largest absolute Gasteiger partial charge is 0.384 e. The Morgan fingerprint density at radius 3 is 2.78 bits per heavy atom.